The Morgan fingerprint density at radius 2 is 1.94 bits per heavy atom. The van der Waals surface area contributed by atoms with Crippen molar-refractivity contribution in [3.63, 3.8) is 0 Å². The van der Waals surface area contributed by atoms with E-state index in [1.165, 1.54) is 25.9 Å². The molecular formula is C14H30N2. The molecule has 1 heterocycles. The van der Waals surface area contributed by atoms with Crippen molar-refractivity contribution in [2.24, 2.45) is 5.41 Å². The van der Waals surface area contributed by atoms with Gasteiger partial charge in [-0.2, -0.15) is 0 Å². The molecule has 1 aliphatic heterocycles. The molecule has 0 aromatic carbocycles. The zero-order valence-electron chi connectivity index (χ0n) is 12.1. The Balaban J connectivity index is 2.62. The summed E-state index contributed by atoms with van der Waals surface area (Å²) in [6.07, 6.45) is 2.61. The molecule has 1 saturated heterocycles. The molecule has 1 fully saturated rings. The van der Waals surface area contributed by atoms with Gasteiger partial charge in [0.25, 0.3) is 0 Å². The van der Waals surface area contributed by atoms with Gasteiger partial charge in [0.15, 0.2) is 0 Å². The summed E-state index contributed by atoms with van der Waals surface area (Å²) in [6.45, 7) is 17.5. The van der Waals surface area contributed by atoms with Gasteiger partial charge in [0.05, 0.1) is 0 Å². The van der Waals surface area contributed by atoms with E-state index >= 15 is 0 Å². The van der Waals surface area contributed by atoms with E-state index < -0.39 is 0 Å². The number of rotatable bonds is 3. The average molecular weight is 226 g/mol. The summed E-state index contributed by atoms with van der Waals surface area (Å²) < 4.78 is 0. The van der Waals surface area contributed by atoms with Crippen molar-refractivity contribution < 1.29 is 0 Å². The second-order valence-electron chi connectivity index (χ2n) is 6.91. The highest BCUT2D eigenvalue weighted by molar-refractivity contribution is 4.96. The van der Waals surface area contributed by atoms with Gasteiger partial charge in [0.2, 0.25) is 0 Å². The quantitative estimate of drug-likeness (QED) is 0.796. The number of nitrogens with one attached hydrogen (secondary N) is 1. The van der Waals surface area contributed by atoms with Crippen LogP contribution in [-0.4, -0.2) is 36.1 Å². The highest BCUT2D eigenvalue weighted by atomic mass is 15.3. The molecule has 0 amide bonds. The fourth-order valence-electron chi connectivity index (χ4n) is 2.34. The number of nitrogens with zero attached hydrogens (tertiary/aromatic N) is 1. The van der Waals surface area contributed by atoms with Crippen LogP contribution in [0.5, 0.6) is 0 Å². The first-order chi connectivity index (χ1) is 7.27. The van der Waals surface area contributed by atoms with Crippen LogP contribution < -0.4 is 5.32 Å². The minimum atomic E-state index is 0.316. The predicted octanol–water partition coefficient (Wildman–Crippen LogP) is 2.89. The Kier molecular flexibility index (Phi) is 4.42. The van der Waals surface area contributed by atoms with Crippen LogP contribution in [0.2, 0.25) is 0 Å². The van der Waals surface area contributed by atoms with Gasteiger partial charge in [0.1, 0.15) is 0 Å². The second kappa shape index (κ2) is 5.05. The molecular weight excluding hydrogens is 196 g/mol. The SMILES string of the molecule is CCCCN1CC(C(C)(C)C)NCC1(C)C. The number of hydrogen-bond acceptors (Lipinski definition) is 2. The molecule has 0 radical (unpaired) electrons. The highest BCUT2D eigenvalue weighted by Gasteiger charge is 2.37. The lowest BCUT2D eigenvalue weighted by molar-refractivity contribution is 0.0351. The lowest BCUT2D eigenvalue weighted by atomic mass is 9.83. The normalized spacial score (nSPS) is 27.0. The standard InChI is InChI=1S/C14H30N2/c1-7-8-9-16-10-12(13(2,3)4)15-11-14(16,5)6/h12,15H,7-11H2,1-6H3. The first-order valence-electron chi connectivity index (χ1n) is 6.76. The lowest BCUT2D eigenvalue weighted by Gasteiger charge is -2.49. The van der Waals surface area contributed by atoms with Crippen LogP contribution in [0.4, 0.5) is 0 Å². The van der Waals surface area contributed by atoms with Crippen LogP contribution in [0.15, 0.2) is 0 Å². The molecule has 1 unspecified atom stereocenters. The van der Waals surface area contributed by atoms with Crippen LogP contribution >= 0.6 is 0 Å². The third-order valence-corrected chi connectivity index (χ3v) is 3.87. The third-order valence-electron chi connectivity index (χ3n) is 3.87. The Labute approximate surface area is 102 Å². The molecule has 1 aliphatic rings. The summed E-state index contributed by atoms with van der Waals surface area (Å²) in [7, 11) is 0. The fourth-order valence-corrected chi connectivity index (χ4v) is 2.34. The Bertz CT molecular complexity index is 215. The van der Waals surface area contributed by atoms with Crippen LogP contribution in [0, 0.1) is 5.41 Å². The maximum absolute atomic E-state index is 3.71. The van der Waals surface area contributed by atoms with E-state index in [4.69, 9.17) is 0 Å². The molecule has 2 nitrogen and oxygen atoms in total. The van der Waals surface area contributed by atoms with Gasteiger partial charge in [-0.15, -0.1) is 0 Å². The van der Waals surface area contributed by atoms with E-state index in [1.807, 2.05) is 0 Å². The Morgan fingerprint density at radius 1 is 1.31 bits per heavy atom. The molecule has 0 aromatic rings. The van der Waals surface area contributed by atoms with Crippen molar-refractivity contribution in [3.8, 4) is 0 Å². The smallest absolute Gasteiger partial charge is 0.0278 e. The maximum atomic E-state index is 3.71. The van der Waals surface area contributed by atoms with E-state index in [9.17, 15) is 0 Å². The number of hydrogen-bond donors (Lipinski definition) is 1. The van der Waals surface area contributed by atoms with E-state index in [2.05, 4.69) is 51.8 Å². The highest BCUT2D eigenvalue weighted by Crippen LogP contribution is 2.27. The topological polar surface area (TPSA) is 15.3 Å². The molecule has 16 heavy (non-hydrogen) atoms. The lowest BCUT2D eigenvalue weighted by Crippen LogP contribution is -2.64. The monoisotopic (exact) mass is 226 g/mol. The summed E-state index contributed by atoms with van der Waals surface area (Å²) in [5.41, 5.74) is 0.678. The predicted molar refractivity (Wildman–Crippen MR) is 71.8 cm³/mol. The molecule has 0 saturated carbocycles. The van der Waals surface area contributed by atoms with Crippen molar-refractivity contribution in [1.29, 1.82) is 0 Å². The van der Waals surface area contributed by atoms with Crippen molar-refractivity contribution in [2.45, 2.75) is 66.0 Å². The van der Waals surface area contributed by atoms with Gasteiger partial charge in [-0.3, -0.25) is 4.90 Å². The van der Waals surface area contributed by atoms with Crippen LogP contribution in [0.3, 0.4) is 0 Å². The first kappa shape index (κ1) is 14.0. The van der Waals surface area contributed by atoms with Gasteiger partial charge >= 0.3 is 0 Å². The zero-order chi connectivity index (χ0) is 12.4. The first-order valence-corrected chi connectivity index (χ1v) is 6.76. The molecule has 0 bridgehead atoms. The summed E-state index contributed by atoms with van der Waals surface area (Å²) in [6, 6.07) is 0.623. The second-order valence-corrected chi connectivity index (χ2v) is 6.91. The Hall–Kier alpha value is -0.0800. The van der Waals surface area contributed by atoms with Crippen molar-refractivity contribution >= 4 is 0 Å². The number of piperazine rings is 1. The van der Waals surface area contributed by atoms with Crippen molar-refractivity contribution in [2.75, 3.05) is 19.6 Å². The van der Waals surface area contributed by atoms with Gasteiger partial charge in [-0.25, -0.2) is 0 Å². The third kappa shape index (κ3) is 3.46. The van der Waals surface area contributed by atoms with Gasteiger partial charge in [0, 0.05) is 24.7 Å². The van der Waals surface area contributed by atoms with Gasteiger partial charge in [-0.1, -0.05) is 34.1 Å². The van der Waals surface area contributed by atoms with E-state index in [0.717, 1.165) is 6.54 Å². The molecule has 1 N–H and O–H groups in total. The molecule has 1 atom stereocenters. The van der Waals surface area contributed by atoms with Crippen LogP contribution in [0.25, 0.3) is 0 Å². The maximum Gasteiger partial charge on any atom is 0.0278 e. The molecule has 1 rings (SSSR count). The van der Waals surface area contributed by atoms with Gasteiger partial charge in [-0.05, 0) is 32.2 Å². The summed E-state index contributed by atoms with van der Waals surface area (Å²) in [5, 5.41) is 3.71. The summed E-state index contributed by atoms with van der Waals surface area (Å²) in [4.78, 5) is 2.67. The minimum Gasteiger partial charge on any atom is -0.310 e. The van der Waals surface area contributed by atoms with Crippen molar-refractivity contribution in [3.05, 3.63) is 0 Å². The molecule has 0 aliphatic carbocycles. The van der Waals surface area contributed by atoms with E-state index in [1.54, 1.807) is 0 Å². The molecule has 0 aromatic heterocycles. The summed E-state index contributed by atoms with van der Waals surface area (Å²) >= 11 is 0. The molecule has 2 heteroatoms. The van der Waals surface area contributed by atoms with Crippen molar-refractivity contribution in [1.82, 2.24) is 10.2 Å². The average Bonchev–Trinajstić information content (AvgIpc) is 2.13. The zero-order valence-corrected chi connectivity index (χ0v) is 12.1. The van der Waals surface area contributed by atoms with Gasteiger partial charge < -0.3 is 5.32 Å². The van der Waals surface area contributed by atoms with Crippen LogP contribution in [0.1, 0.15) is 54.4 Å². The Morgan fingerprint density at radius 3 is 2.44 bits per heavy atom. The largest absolute Gasteiger partial charge is 0.310 e. The van der Waals surface area contributed by atoms with E-state index in [0.29, 0.717) is 17.0 Å². The molecule has 96 valence electrons. The fraction of sp³-hybridized carbons (Fsp3) is 1.00. The van der Waals surface area contributed by atoms with E-state index in [-0.39, 0.29) is 0 Å². The summed E-state index contributed by atoms with van der Waals surface area (Å²) in [5.74, 6) is 0. The molecule has 0 spiro atoms. The number of unbranched alkanes of at least 4 members (excludes halogenated alkanes) is 1. The minimum absolute atomic E-state index is 0.316. The van der Waals surface area contributed by atoms with Crippen LogP contribution in [-0.2, 0) is 0 Å².